The minimum atomic E-state index is -1.89. The van der Waals surface area contributed by atoms with Gasteiger partial charge in [0.15, 0.2) is 8.32 Å². The van der Waals surface area contributed by atoms with E-state index in [9.17, 15) is 9.59 Å². The van der Waals surface area contributed by atoms with Gasteiger partial charge in [-0.25, -0.2) is 0 Å². The number of carbonyl (C=O) groups excluding carboxylic acids is 2. The molecule has 1 aromatic carbocycles. The van der Waals surface area contributed by atoms with E-state index in [-0.39, 0.29) is 22.2 Å². The van der Waals surface area contributed by atoms with Gasteiger partial charge in [0.25, 0.3) is 11.8 Å². The van der Waals surface area contributed by atoms with Gasteiger partial charge in [-0.1, -0.05) is 37.4 Å². The zero-order chi connectivity index (χ0) is 27.2. The Balaban J connectivity index is 1.63. The van der Waals surface area contributed by atoms with E-state index < -0.39 is 14.2 Å². The quantitative estimate of drug-likeness (QED) is 0.169. The maximum atomic E-state index is 13.0. The largest absolute Gasteiger partial charge is 0.415 e. The molecule has 8 nitrogen and oxygen atoms in total. The molecule has 37 heavy (non-hydrogen) atoms. The molecule has 0 radical (unpaired) electrons. The fourth-order valence-electron chi connectivity index (χ4n) is 3.07. The van der Waals surface area contributed by atoms with Gasteiger partial charge in [-0.15, -0.1) is 11.3 Å². The molecule has 2 aromatic heterocycles. The molecule has 2 N–H and O–H groups in total. The monoisotopic (exact) mass is 555 g/mol. The standard InChI is InChI=1S/C26H30ClN5O3SSi/c1-26(2,3)37(5,6)35-16-15-32(28-4)19-9-7-18(8-10-19)30-24(33)20-13-14-29-17-21(20)31-25(34)22-11-12-23(27)36-22/h7-14,17H,15-16H2,1-3,5-6H3,(H,30,33)(H,31,34). The van der Waals surface area contributed by atoms with Gasteiger partial charge in [0.05, 0.1) is 33.3 Å². The zero-order valence-corrected chi connectivity index (χ0v) is 24.0. The molecule has 0 aliphatic carbocycles. The van der Waals surface area contributed by atoms with Gasteiger partial charge in [-0.3, -0.25) is 14.6 Å². The summed E-state index contributed by atoms with van der Waals surface area (Å²) in [5.41, 5.74) is 1.81. The molecule has 0 unspecified atom stereocenters. The van der Waals surface area contributed by atoms with Crippen LogP contribution in [0.15, 0.2) is 54.9 Å². The van der Waals surface area contributed by atoms with Gasteiger partial charge in [0, 0.05) is 11.9 Å². The second-order valence-electron chi connectivity index (χ2n) is 9.81. The smallest absolute Gasteiger partial charge is 0.265 e. The second-order valence-corrected chi connectivity index (χ2v) is 16.3. The minimum Gasteiger partial charge on any atom is -0.415 e. The van der Waals surface area contributed by atoms with Crippen molar-refractivity contribution >= 4 is 60.1 Å². The van der Waals surface area contributed by atoms with Crippen molar-refractivity contribution in [3.8, 4) is 0 Å². The van der Waals surface area contributed by atoms with Gasteiger partial charge in [0.1, 0.15) is 12.2 Å². The van der Waals surface area contributed by atoms with Crippen LogP contribution in [-0.2, 0) is 4.43 Å². The van der Waals surface area contributed by atoms with Crippen LogP contribution in [0.1, 0.15) is 40.8 Å². The highest BCUT2D eigenvalue weighted by atomic mass is 35.5. The summed E-state index contributed by atoms with van der Waals surface area (Å²) in [5, 5.41) is 7.20. The van der Waals surface area contributed by atoms with Crippen molar-refractivity contribution in [1.29, 1.82) is 0 Å². The molecule has 3 aromatic rings. The normalized spacial score (nSPS) is 11.5. The Morgan fingerprint density at radius 1 is 1.11 bits per heavy atom. The van der Waals surface area contributed by atoms with Crippen LogP contribution in [0.25, 0.3) is 4.95 Å². The first-order valence-corrected chi connectivity index (χ1v) is 15.7. The predicted molar refractivity (Wildman–Crippen MR) is 153 cm³/mol. The van der Waals surface area contributed by atoms with E-state index in [1.165, 1.54) is 18.5 Å². The van der Waals surface area contributed by atoms with E-state index in [0.29, 0.717) is 33.7 Å². The molecule has 0 fully saturated rings. The number of carbonyl (C=O) groups is 2. The number of benzene rings is 1. The van der Waals surface area contributed by atoms with Gasteiger partial charge in [-0.2, -0.15) is 11.5 Å². The lowest BCUT2D eigenvalue weighted by Gasteiger charge is -2.36. The fourth-order valence-corrected chi connectivity index (χ4v) is 5.04. The first-order valence-electron chi connectivity index (χ1n) is 11.6. The Morgan fingerprint density at radius 3 is 2.41 bits per heavy atom. The summed E-state index contributed by atoms with van der Waals surface area (Å²) >= 11 is 7.06. The average Bonchev–Trinajstić information content (AvgIpc) is 3.28. The number of nitrogens with zero attached hydrogens (tertiary/aromatic N) is 3. The van der Waals surface area contributed by atoms with Crippen LogP contribution in [0.4, 0.5) is 17.1 Å². The third kappa shape index (κ3) is 7.39. The van der Waals surface area contributed by atoms with Crippen molar-refractivity contribution in [2.24, 2.45) is 0 Å². The summed E-state index contributed by atoms with van der Waals surface area (Å²) in [5.74, 6) is -0.778. The van der Waals surface area contributed by atoms with Crippen molar-refractivity contribution in [1.82, 2.24) is 4.98 Å². The summed E-state index contributed by atoms with van der Waals surface area (Å²) in [6, 6.07) is 11.8. The molecule has 3 rings (SSSR count). The number of thiophene rings is 1. The van der Waals surface area contributed by atoms with Crippen molar-refractivity contribution in [3.63, 3.8) is 0 Å². The van der Waals surface area contributed by atoms with Crippen molar-refractivity contribution in [2.75, 3.05) is 28.8 Å². The predicted octanol–water partition coefficient (Wildman–Crippen LogP) is 6.96. The van der Waals surface area contributed by atoms with E-state index in [4.69, 9.17) is 22.6 Å². The number of pyridine rings is 1. The first kappa shape index (κ1) is 28.3. The molecule has 11 heteroatoms. The summed E-state index contributed by atoms with van der Waals surface area (Å²) in [4.78, 5) is 33.6. The first-order chi connectivity index (χ1) is 17.4. The number of anilines is 3. The van der Waals surface area contributed by atoms with E-state index in [1.807, 2.05) is 0 Å². The summed E-state index contributed by atoms with van der Waals surface area (Å²) in [6.45, 7) is 19.4. The Morgan fingerprint density at radius 2 is 1.81 bits per heavy atom. The van der Waals surface area contributed by atoms with Crippen LogP contribution in [0.5, 0.6) is 0 Å². The molecule has 0 atom stereocenters. The van der Waals surface area contributed by atoms with Crippen LogP contribution in [0.3, 0.4) is 0 Å². The molecule has 0 saturated heterocycles. The van der Waals surface area contributed by atoms with Crippen molar-refractivity contribution in [3.05, 3.63) is 81.2 Å². The van der Waals surface area contributed by atoms with Crippen LogP contribution in [0.2, 0.25) is 22.5 Å². The van der Waals surface area contributed by atoms with Crippen molar-refractivity contribution < 1.29 is 14.0 Å². The molecule has 0 bridgehead atoms. The topological polar surface area (TPSA) is 87.9 Å². The highest BCUT2D eigenvalue weighted by Gasteiger charge is 2.37. The van der Waals surface area contributed by atoms with Crippen LogP contribution >= 0.6 is 22.9 Å². The third-order valence-electron chi connectivity index (χ3n) is 6.23. The van der Waals surface area contributed by atoms with E-state index in [0.717, 1.165) is 11.3 Å². The number of hydrogen-bond donors (Lipinski definition) is 2. The molecule has 0 saturated carbocycles. The van der Waals surface area contributed by atoms with Crippen molar-refractivity contribution in [2.45, 2.75) is 38.9 Å². The van der Waals surface area contributed by atoms with Crippen LogP contribution in [-0.4, -0.2) is 38.3 Å². The van der Waals surface area contributed by atoms with Gasteiger partial charge in [-0.05, 0) is 60.6 Å². The molecule has 2 amide bonds. The number of amides is 2. The molecule has 0 aliphatic rings. The summed E-state index contributed by atoms with van der Waals surface area (Å²) < 4.78 is 6.69. The molecule has 2 heterocycles. The van der Waals surface area contributed by atoms with Gasteiger partial charge >= 0.3 is 0 Å². The Hall–Kier alpha value is -3.23. The summed E-state index contributed by atoms with van der Waals surface area (Å²) in [7, 11) is -1.89. The third-order valence-corrected chi connectivity index (χ3v) is 12.0. The van der Waals surface area contributed by atoms with E-state index in [1.54, 1.807) is 41.4 Å². The number of aromatic nitrogens is 1. The summed E-state index contributed by atoms with van der Waals surface area (Å²) in [6.07, 6.45) is 2.90. The van der Waals surface area contributed by atoms with Crippen LogP contribution < -0.4 is 15.6 Å². The Kier molecular flexibility index (Phi) is 9.10. The zero-order valence-electron chi connectivity index (χ0n) is 21.5. The van der Waals surface area contributed by atoms with Gasteiger partial charge in [0.2, 0.25) is 0 Å². The molecule has 0 spiro atoms. The maximum absolute atomic E-state index is 13.0. The van der Waals surface area contributed by atoms with Gasteiger partial charge < -0.3 is 15.1 Å². The SMILES string of the molecule is [C-]#[N+]N(CCO[Si](C)(C)C(C)(C)C)c1ccc(NC(=O)c2ccncc2NC(=O)c2ccc(Cl)s2)cc1. The lowest BCUT2D eigenvalue weighted by Crippen LogP contribution is -2.42. The maximum Gasteiger partial charge on any atom is 0.265 e. The lowest BCUT2D eigenvalue weighted by atomic mass is 10.2. The minimum absolute atomic E-state index is 0.102. The van der Waals surface area contributed by atoms with E-state index in [2.05, 4.69) is 54.4 Å². The average molecular weight is 556 g/mol. The number of hydrogen-bond acceptors (Lipinski definition) is 6. The number of halogens is 1. The molecular formula is C26H30ClN5O3SSi. The Bertz CT molecular complexity index is 1300. The van der Waals surface area contributed by atoms with Crippen LogP contribution in [0, 0.1) is 6.57 Å². The van der Waals surface area contributed by atoms with E-state index >= 15 is 0 Å². The molecule has 194 valence electrons. The molecular weight excluding hydrogens is 526 g/mol. The fraction of sp³-hybridized carbons (Fsp3) is 0.308. The lowest BCUT2D eigenvalue weighted by molar-refractivity contribution is 0.102. The number of rotatable bonds is 9. The Labute approximate surface area is 227 Å². The highest BCUT2D eigenvalue weighted by molar-refractivity contribution is 7.18. The highest BCUT2D eigenvalue weighted by Crippen LogP contribution is 2.36. The second kappa shape index (κ2) is 11.9. The molecule has 0 aliphatic heterocycles. The number of nitrogens with one attached hydrogen (secondary N) is 2.